The highest BCUT2D eigenvalue weighted by Crippen LogP contribution is 2.59. The fraction of sp³-hybridized carbons (Fsp3) is 0.333. The first kappa shape index (κ1) is 15.7. The number of rotatable bonds is 2. The Morgan fingerprint density at radius 3 is 2.19 bits per heavy atom. The zero-order valence-electron chi connectivity index (χ0n) is 15.8. The molecule has 1 heterocycles. The van der Waals surface area contributed by atoms with Crippen molar-refractivity contribution in [3.63, 3.8) is 0 Å². The van der Waals surface area contributed by atoms with Gasteiger partial charge in [-0.25, -0.2) is 0 Å². The van der Waals surface area contributed by atoms with Crippen LogP contribution in [0, 0.1) is 5.41 Å². The normalized spacial score (nSPS) is 22.8. The van der Waals surface area contributed by atoms with Crippen LogP contribution in [-0.2, 0) is 0 Å². The zero-order valence-corrected chi connectivity index (χ0v) is 15.8. The zero-order chi connectivity index (χ0) is 18.1. The van der Waals surface area contributed by atoms with E-state index in [0.717, 1.165) is 11.5 Å². The van der Waals surface area contributed by atoms with Gasteiger partial charge in [-0.15, -0.1) is 0 Å². The van der Waals surface area contributed by atoms with E-state index in [4.69, 9.17) is 9.47 Å². The third kappa shape index (κ3) is 2.05. The van der Waals surface area contributed by atoms with E-state index in [1.165, 1.54) is 33.4 Å². The number of benzene rings is 2. The summed E-state index contributed by atoms with van der Waals surface area (Å²) in [5.41, 5.74) is 8.41. The second-order valence-corrected chi connectivity index (χ2v) is 8.43. The summed E-state index contributed by atoms with van der Waals surface area (Å²) in [4.78, 5) is 0. The van der Waals surface area contributed by atoms with Crippen LogP contribution in [0.2, 0.25) is 0 Å². The van der Waals surface area contributed by atoms with E-state index in [2.05, 4.69) is 76.2 Å². The highest BCUT2D eigenvalue weighted by Gasteiger charge is 2.45. The van der Waals surface area contributed by atoms with Crippen molar-refractivity contribution < 1.29 is 9.47 Å². The largest absolute Gasteiger partial charge is 0.454 e. The number of allylic oxidation sites excluding steroid dienone is 2. The molecule has 0 saturated carbocycles. The molecule has 2 unspecified atom stereocenters. The second kappa shape index (κ2) is 5.26. The molecule has 5 rings (SSSR count). The smallest absolute Gasteiger partial charge is 0.231 e. The lowest BCUT2D eigenvalue weighted by molar-refractivity contribution is 0.174. The highest BCUT2D eigenvalue weighted by atomic mass is 16.7. The summed E-state index contributed by atoms with van der Waals surface area (Å²) in [6, 6.07) is 13.2. The minimum Gasteiger partial charge on any atom is -0.454 e. The lowest BCUT2D eigenvalue weighted by atomic mass is 9.62. The number of ether oxygens (including phenoxy) is 2. The van der Waals surface area contributed by atoms with E-state index in [-0.39, 0.29) is 5.41 Å². The molecule has 0 saturated heterocycles. The van der Waals surface area contributed by atoms with Crippen LogP contribution in [0.4, 0.5) is 0 Å². The molecule has 2 aliphatic carbocycles. The Morgan fingerprint density at radius 1 is 0.808 bits per heavy atom. The van der Waals surface area contributed by atoms with E-state index >= 15 is 0 Å². The summed E-state index contributed by atoms with van der Waals surface area (Å²) in [6.45, 7) is 9.70. The molecule has 0 aromatic heterocycles. The third-order valence-corrected chi connectivity index (χ3v) is 6.36. The molecule has 0 amide bonds. The van der Waals surface area contributed by atoms with Gasteiger partial charge in [-0.1, -0.05) is 61.4 Å². The molecule has 0 N–H and O–H groups in total. The van der Waals surface area contributed by atoms with E-state index < -0.39 is 0 Å². The molecule has 3 aliphatic rings. The fourth-order valence-electron chi connectivity index (χ4n) is 5.54. The monoisotopic (exact) mass is 344 g/mol. The SMILES string of the molecule is CC1=Cc2ccccc2C1C(C)(C)C1C(C)=Cc2cc3c(cc21)OCO3. The van der Waals surface area contributed by atoms with Crippen molar-refractivity contribution >= 4 is 12.2 Å². The Labute approximate surface area is 155 Å². The van der Waals surface area contributed by atoms with Crippen molar-refractivity contribution in [3.05, 3.63) is 69.8 Å². The van der Waals surface area contributed by atoms with Gasteiger partial charge < -0.3 is 9.47 Å². The van der Waals surface area contributed by atoms with Crippen LogP contribution in [0.25, 0.3) is 12.2 Å². The summed E-state index contributed by atoms with van der Waals surface area (Å²) in [5, 5.41) is 0. The molecule has 0 radical (unpaired) electrons. The number of fused-ring (bicyclic) bond motifs is 3. The Bertz CT molecular complexity index is 978. The summed E-state index contributed by atoms with van der Waals surface area (Å²) in [6.07, 6.45) is 4.68. The van der Waals surface area contributed by atoms with Crippen LogP contribution in [0.5, 0.6) is 11.5 Å². The van der Waals surface area contributed by atoms with Crippen molar-refractivity contribution in [1.82, 2.24) is 0 Å². The van der Waals surface area contributed by atoms with E-state index in [9.17, 15) is 0 Å². The fourth-order valence-corrected chi connectivity index (χ4v) is 5.54. The predicted molar refractivity (Wildman–Crippen MR) is 106 cm³/mol. The minimum absolute atomic E-state index is 0.0622. The Balaban J connectivity index is 1.63. The molecule has 26 heavy (non-hydrogen) atoms. The van der Waals surface area contributed by atoms with E-state index in [1.807, 2.05) is 0 Å². The Hall–Kier alpha value is -2.48. The summed E-state index contributed by atoms with van der Waals surface area (Å²) >= 11 is 0. The van der Waals surface area contributed by atoms with E-state index in [1.54, 1.807) is 0 Å². The maximum absolute atomic E-state index is 5.67. The lowest BCUT2D eigenvalue weighted by Crippen LogP contribution is -2.29. The molecular formula is C24H24O2. The van der Waals surface area contributed by atoms with Crippen molar-refractivity contribution in [2.45, 2.75) is 39.5 Å². The topological polar surface area (TPSA) is 18.5 Å². The van der Waals surface area contributed by atoms with Crippen LogP contribution in [-0.4, -0.2) is 6.79 Å². The molecule has 0 spiro atoms. The molecule has 0 bridgehead atoms. The molecule has 2 nitrogen and oxygen atoms in total. The number of hydrogen-bond acceptors (Lipinski definition) is 2. The Kier molecular flexibility index (Phi) is 3.19. The van der Waals surface area contributed by atoms with Gasteiger partial charge in [0.2, 0.25) is 6.79 Å². The van der Waals surface area contributed by atoms with Gasteiger partial charge in [0.15, 0.2) is 11.5 Å². The van der Waals surface area contributed by atoms with Gasteiger partial charge in [0.1, 0.15) is 0 Å². The van der Waals surface area contributed by atoms with Gasteiger partial charge in [-0.3, -0.25) is 0 Å². The van der Waals surface area contributed by atoms with Crippen LogP contribution < -0.4 is 9.47 Å². The minimum atomic E-state index is 0.0622. The van der Waals surface area contributed by atoms with Crippen molar-refractivity contribution in [2.24, 2.45) is 5.41 Å². The summed E-state index contributed by atoms with van der Waals surface area (Å²) in [7, 11) is 0. The second-order valence-electron chi connectivity index (χ2n) is 8.43. The maximum Gasteiger partial charge on any atom is 0.231 e. The maximum atomic E-state index is 5.67. The van der Waals surface area contributed by atoms with Gasteiger partial charge in [0.05, 0.1) is 0 Å². The van der Waals surface area contributed by atoms with Crippen LogP contribution in [0.3, 0.4) is 0 Å². The van der Waals surface area contributed by atoms with Crippen molar-refractivity contribution in [1.29, 1.82) is 0 Å². The average molecular weight is 344 g/mol. The first-order valence-electron chi connectivity index (χ1n) is 9.35. The average Bonchev–Trinajstić information content (AvgIpc) is 3.25. The standard InChI is InChI=1S/C24H24O2/c1-14-9-16-7-5-6-8-18(16)22(14)24(3,4)23-15(2)10-17-11-20-21(12-19(17)23)26-13-25-20/h5-12,22-23H,13H2,1-4H3. The first-order chi connectivity index (χ1) is 12.5. The Morgan fingerprint density at radius 2 is 1.42 bits per heavy atom. The highest BCUT2D eigenvalue weighted by molar-refractivity contribution is 5.72. The molecule has 2 heteroatoms. The molecule has 2 aromatic rings. The lowest BCUT2D eigenvalue weighted by Gasteiger charge is -2.40. The third-order valence-electron chi connectivity index (χ3n) is 6.36. The van der Waals surface area contributed by atoms with Gasteiger partial charge >= 0.3 is 0 Å². The number of hydrogen-bond donors (Lipinski definition) is 0. The van der Waals surface area contributed by atoms with Crippen molar-refractivity contribution in [2.75, 3.05) is 6.79 Å². The first-order valence-corrected chi connectivity index (χ1v) is 9.35. The molecule has 2 aromatic carbocycles. The van der Waals surface area contributed by atoms with E-state index in [0.29, 0.717) is 18.6 Å². The summed E-state index contributed by atoms with van der Waals surface area (Å²) < 4.78 is 11.2. The quantitative estimate of drug-likeness (QED) is 0.651. The van der Waals surface area contributed by atoms with Crippen LogP contribution in [0.15, 0.2) is 47.5 Å². The van der Waals surface area contributed by atoms with Gasteiger partial charge in [-0.05, 0) is 53.6 Å². The van der Waals surface area contributed by atoms with Crippen LogP contribution in [0.1, 0.15) is 61.8 Å². The predicted octanol–water partition coefficient (Wildman–Crippen LogP) is 6.14. The van der Waals surface area contributed by atoms with Gasteiger partial charge in [-0.2, -0.15) is 0 Å². The van der Waals surface area contributed by atoms with Gasteiger partial charge in [0, 0.05) is 11.8 Å². The molecule has 1 aliphatic heterocycles. The molecule has 0 fully saturated rings. The molecular weight excluding hydrogens is 320 g/mol. The van der Waals surface area contributed by atoms with Crippen LogP contribution >= 0.6 is 0 Å². The van der Waals surface area contributed by atoms with Gasteiger partial charge in [0.25, 0.3) is 0 Å². The molecule has 2 atom stereocenters. The summed E-state index contributed by atoms with van der Waals surface area (Å²) in [5.74, 6) is 2.54. The molecule has 132 valence electrons. The van der Waals surface area contributed by atoms with Crippen molar-refractivity contribution in [3.8, 4) is 11.5 Å².